The minimum Gasteiger partial charge on any atom is -0.394 e. The first-order valence-corrected chi connectivity index (χ1v) is 8.74. The van der Waals surface area contributed by atoms with Crippen molar-refractivity contribution in [3.63, 3.8) is 0 Å². The molecule has 0 aliphatic heterocycles. The van der Waals surface area contributed by atoms with Gasteiger partial charge in [0.2, 0.25) is 0 Å². The van der Waals surface area contributed by atoms with Gasteiger partial charge in [-0.3, -0.25) is 13.9 Å². The summed E-state index contributed by atoms with van der Waals surface area (Å²) < 4.78 is 27.2. The molecule has 6 N–H and O–H groups in total. The zero-order valence-electron chi connectivity index (χ0n) is 10.6. The van der Waals surface area contributed by atoms with Crippen molar-refractivity contribution >= 4 is 21.0 Å². The molecule has 12 heteroatoms. The fourth-order valence-corrected chi connectivity index (χ4v) is 4.87. The molecule has 0 aromatic heterocycles. The maximum Gasteiger partial charge on any atom is 0.337 e. The standard InChI is InChI=1S/C8H18O10P2/c1-18-3-2-5(10)7(19(12,13)14)8(6(11)4-9)20(15,16)17/h6-9,11H,2-4H2,1H3,(H2,12,13,14)(H2,15,16,17)/t6-,7+,8-/m1/s1. The summed E-state index contributed by atoms with van der Waals surface area (Å²) in [6.45, 7) is -1.37. The van der Waals surface area contributed by atoms with Gasteiger partial charge in [-0.05, 0) is 0 Å². The van der Waals surface area contributed by atoms with Gasteiger partial charge in [0.1, 0.15) is 11.3 Å². The quantitative estimate of drug-likeness (QED) is 0.258. The van der Waals surface area contributed by atoms with E-state index in [1.807, 2.05) is 0 Å². The first-order valence-electron chi connectivity index (χ1n) is 5.37. The van der Waals surface area contributed by atoms with E-state index in [1.165, 1.54) is 7.11 Å². The Morgan fingerprint density at radius 3 is 1.95 bits per heavy atom. The number of rotatable bonds is 9. The monoisotopic (exact) mass is 336 g/mol. The summed E-state index contributed by atoms with van der Waals surface area (Å²) in [6, 6.07) is 0. The molecule has 10 nitrogen and oxygen atoms in total. The predicted octanol–water partition coefficient (Wildman–Crippen LogP) is -1.96. The van der Waals surface area contributed by atoms with E-state index in [1.54, 1.807) is 0 Å². The second-order valence-corrected chi connectivity index (χ2v) is 7.58. The third kappa shape index (κ3) is 5.69. The lowest BCUT2D eigenvalue weighted by atomic mass is 10.1. The molecule has 0 radical (unpaired) electrons. The minimum atomic E-state index is -5.26. The van der Waals surface area contributed by atoms with Crippen LogP contribution in [0.3, 0.4) is 0 Å². The number of carbonyl (C=O) groups is 1. The molecule has 0 unspecified atom stereocenters. The van der Waals surface area contributed by atoms with Gasteiger partial charge in [-0.25, -0.2) is 0 Å². The topological polar surface area (TPSA) is 182 Å². The second kappa shape index (κ2) is 7.74. The number of hydrogen-bond donors (Lipinski definition) is 6. The van der Waals surface area contributed by atoms with Gasteiger partial charge in [-0.15, -0.1) is 0 Å². The number of aliphatic hydroxyl groups excluding tert-OH is 2. The molecular formula is C8H18O10P2. The molecule has 0 saturated carbocycles. The van der Waals surface area contributed by atoms with Crippen molar-refractivity contribution in [2.75, 3.05) is 20.3 Å². The van der Waals surface area contributed by atoms with Crippen LogP contribution in [0.2, 0.25) is 0 Å². The summed E-state index contributed by atoms with van der Waals surface area (Å²) in [6.07, 6.45) is -2.65. The predicted molar refractivity (Wildman–Crippen MR) is 66.3 cm³/mol. The summed E-state index contributed by atoms with van der Waals surface area (Å²) in [5, 5.41) is 18.2. The van der Waals surface area contributed by atoms with Crippen LogP contribution in [0.1, 0.15) is 6.42 Å². The number of Topliss-reactive ketones (excluding diaryl/α,β-unsaturated/α-hetero) is 1. The Balaban J connectivity index is 5.63. The highest BCUT2D eigenvalue weighted by Gasteiger charge is 2.52. The fourth-order valence-electron chi connectivity index (χ4n) is 1.65. The van der Waals surface area contributed by atoms with Crippen LogP contribution in [-0.4, -0.2) is 73.3 Å². The average Bonchev–Trinajstić information content (AvgIpc) is 2.28. The highest BCUT2D eigenvalue weighted by atomic mass is 31.2. The van der Waals surface area contributed by atoms with E-state index in [-0.39, 0.29) is 6.61 Å². The van der Waals surface area contributed by atoms with Crippen molar-refractivity contribution in [1.29, 1.82) is 0 Å². The SMILES string of the molecule is COCCC(=O)[C@@H]([C@@H]([C@H](O)CO)P(=O)(O)O)P(=O)(O)O. The first-order chi connectivity index (χ1) is 8.96. The maximum atomic E-state index is 11.7. The molecule has 0 spiro atoms. The molecule has 0 aliphatic rings. The zero-order valence-corrected chi connectivity index (χ0v) is 12.4. The molecule has 0 fully saturated rings. The molecular weight excluding hydrogens is 318 g/mol. The van der Waals surface area contributed by atoms with E-state index in [4.69, 9.17) is 24.7 Å². The summed E-state index contributed by atoms with van der Waals surface area (Å²) >= 11 is 0. The van der Waals surface area contributed by atoms with Crippen LogP contribution in [0.15, 0.2) is 0 Å². The van der Waals surface area contributed by atoms with Crippen LogP contribution in [0.4, 0.5) is 0 Å². The highest BCUT2D eigenvalue weighted by molar-refractivity contribution is 7.58. The molecule has 20 heavy (non-hydrogen) atoms. The molecule has 0 aromatic carbocycles. The molecule has 0 bridgehead atoms. The smallest absolute Gasteiger partial charge is 0.337 e. The van der Waals surface area contributed by atoms with Crippen molar-refractivity contribution in [1.82, 2.24) is 0 Å². The largest absolute Gasteiger partial charge is 0.394 e. The molecule has 0 aliphatic carbocycles. The lowest BCUT2D eigenvalue weighted by Crippen LogP contribution is -2.44. The van der Waals surface area contributed by atoms with Crippen LogP contribution in [0.5, 0.6) is 0 Å². The van der Waals surface area contributed by atoms with Crippen molar-refractivity contribution in [2.45, 2.75) is 23.8 Å². The van der Waals surface area contributed by atoms with E-state index in [9.17, 15) is 19.0 Å². The fraction of sp³-hybridized carbons (Fsp3) is 0.875. The molecule has 0 saturated heterocycles. The van der Waals surface area contributed by atoms with Crippen LogP contribution in [0, 0.1) is 0 Å². The van der Waals surface area contributed by atoms with E-state index in [0.29, 0.717) is 0 Å². The van der Waals surface area contributed by atoms with Gasteiger partial charge in [0.15, 0.2) is 5.78 Å². The van der Waals surface area contributed by atoms with E-state index in [0.717, 1.165) is 0 Å². The molecule has 0 heterocycles. The van der Waals surface area contributed by atoms with Crippen molar-refractivity contribution in [2.24, 2.45) is 0 Å². The summed E-state index contributed by atoms with van der Waals surface area (Å²) in [5.41, 5.74) is -4.81. The van der Waals surface area contributed by atoms with Gasteiger partial charge in [-0.2, -0.15) is 0 Å². The molecule has 3 atom stereocenters. The number of ketones is 1. The normalized spacial score (nSPS) is 17.6. The molecule has 0 aromatic rings. The minimum absolute atomic E-state index is 0.210. The summed E-state index contributed by atoms with van der Waals surface area (Å²) in [4.78, 5) is 48.2. The summed E-state index contributed by atoms with van der Waals surface area (Å²) in [7, 11) is -9.29. The Bertz CT molecular complexity index is 411. The third-order valence-corrected chi connectivity index (χ3v) is 5.53. The Kier molecular flexibility index (Phi) is 7.69. The zero-order chi connectivity index (χ0) is 16.1. The van der Waals surface area contributed by atoms with Gasteiger partial charge in [0.25, 0.3) is 0 Å². The number of hydrogen-bond acceptors (Lipinski definition) is 6. The summed E-state index contributed by atoms with van der Waals surface area (Å²) in [5.74, 6) is -1.17. The van der Waals surface area contributed by atoms with Gasteiger partial charge in [0.05, 0.1) is 19.3 Å². The lowest BCUT2D eigenvalue weighted by molar-refractivity contribution is -0.120. The van der Waals surface area contributed by atoms with Crippen LogP contribution < -0.4 is 0 Å². The lowest BCUT2D eigenvalue weighted by Gasteiger charge is -2.30. The Morgan fingerprint density at radius 1 is 1.15 bits per heavy atom. The van der Waals surface area contributed by atoms with Gasteiger partial charge >= 0.3 is 15.2 Å². The second-order valence-electron chi connectivity index (χ2n) is 4.07. The van der Waals surface area contributed by atoms with Crippen molar-refractivity contribution in [3.05, 3.63) is 0 Å². The number of carbonyl (C=O) groups excluding carboxylic acids is 1. The maximum absolute atomic E-state index is 11.7. The molecule has 120 valence electrons. The molecule has 0 rings (SSSR count). The molecule has 0 amide bonds. The van der Waals surface area contributed by atoms with Crippen LogP contribution in [-0.2, 0) is 18.7 Å². The Morgan fingerprint density at radius 2 is 1.65 bits per heavy atom. The number of ether oxygens (including phenoxy) is 1. The number of methoxy groups -OCH3 is 1. The van der Waals surface area contributed by atoms with Gasteiger partial charge in [0, 0.05) is 13.5 Å². The average molecular weight is 336 g/mol. The van der Waals surface area contributed by atoms with Crippen LogP contribution >= 0.6 is 15.2 Å². The van der Waals surface area contributed by atoms with E-state index >= 15 is 0 Å². The Labute approximate surface area is 114 Å². The van der Waals surface area contributed by atoms with Gasteiger partial charge in [-0.1, -0.05) is 0 Å². The first kappa shape index (κ1) is 19.9. The highest BCUT2D eigenvalue weighted by Crippen LogP contribution is 2.55. The van der Waals surface area contributed by atoms with Gasteiger partial charge < -0.3 is 34.5 Å². The van der Waals surface area contributed by atoms with Crippen LogP contribution in [0.25, 0.3) is 0 Å². The van der Waals surface area contributed by atoms with Crippen molar-refractivity contribution in [3.8, 4) is 0 Å². The number of aliphatic hydroxyl groups is 2. The van der Waals surface area contributed by atoms with Crippen molar-refractivity contribution < 1.29 is 48.4 Å². The van der Waals surface area contributed by atoms with E-state index in [2.05, 4.69) is 4.74 Å². The van der Waals surface area contributed by atoms with E-state index < -0.39 is 51.4 Å². The Hall–Kier alpha value is -0.150. The third-order valence-electron chi connectivity index (χ3n) is 2.54.